The Morgan fingerprint density at radius 3 is 2.89 bits per heavy atom. The van der Waals surface area contributed by atoms with Gasteiger partial charge in [-0.05, 0) is 18.6 Å². The number of pyridine rings is 1. The van der Waals surface area contributed by atoms with Crippen molar-refractivity contribution in [1.82, 2.24) is 9.88 Å². The summed E-state index contributed by atoms with van der Waals surface area (Å²) in [5.41, 5.74) is 1.35. The molecule has 0 saturated carbocycles. The number of nitrogens with one attached hydrogen (secondary N) is 1. The summed E-state index contributed by atoms with van der Waals surface area (Å²) in [6.45, 7) is 1.28. The van der Waals surface area contributed by atoms with Crippen LogP contribution in [0.2, 0.25) is 0 Å². The van der Waals surface area contributed by atoms with Crippen molar-refractivity contribution in [2.45, 2.75) is 6.92 Å². The summed E-state index contributed by atoms with van der Waals surface area (Å²) < 4.78 is 0. The van der Waals surface area contributed by atoms with Crippen LogP contribution in [0.15, 0.2) is 18.5 Å². The zero-order valence-electron chi connectivity index (χ0n) is 9.88. The van der Waals surface area contributed by atoms with Crippen LogP contribution in [-0.2, 0) is 4.79 Å². The van der Waals surface area contributed by atoms with Crippen LogP contribution in [0.1, 0.15) is 5.56 Å². The molecule has 6 heteroatoms. The van der Waals surface area contributed by atoms with Crippen molar-refractivity contribution in [3.05, 3.63) is 24.0 Å². The molecule has 0 radical (unpaired) electrons. The summed E-state index contributed by atoms with van der Waals surface area (Å²) in [7, 11) is 0. The number of carboxylic acid groups (broad SMARTS) is 1. The molecule has 0 saturated heterocycles. The van der Waals surface area contributed by atoms with Gasteiger partial charge in [0.05, 0.1) is 18.4 Å². The molecular formula is C12H13N3O3. The van der Waals surface area contributed by atoms with Gasteiger partial charge in [0, 0.05) is 6.20 Å². The third-order valence-corrected chi connectivity index (χ3v) is 2.18. The fourth-order valence-corrected chi connectivity index (χ4v) is 1.26. The van der Waals surface area contributed by atoms with Crippen LogP contribution in [0.25, 0.3) is 0 Å². The van der Waals surface area contributed by atoms with E-state index in [0.717, 1.165) is 10.5 Å². The molecule has 2 amide bonds. The van der Waals surface area contributed by atoms with Crippen molar-refractivity contribution in [1.29, 1.82) is 0 Å². The summed E-state index contributed by atoms with van der Waals surface area (Å²) >= 11 is 0. The van der Waals surface area contributed by atoms with Crippen molar-refractivity contribution in [2.24, 2.45) is 0 Å². The molecule has 0 aliphatic heterocycles. The lowest BCUT2D eigenvalue weighted by Crippen LogP contribution is -2.39. The van der Waals surface area contributed by atoms with E-state index < -0.39 is 18.5 Å². The molecule has 0 unspecified atom stereocenters. The molecule has 0 aliphatic carbocycles. The number of anilines is 1. The monoisotopic (exact) mass is 247 g/mol. The fourth-order valence-electron chi connectivity index (χ4n) is 1.26. The Balaban J connectivity index is 2.76. The molecule has 2 N–H and O–H groups in total. The molecule has 1 rings (SSSR count). The first-order chi connectivity index (χ1) is 8.54. The number of hydrogen-bond acceptors (Lipinski definition) is 3. The molecule has 1 aromatic heterocycles. The lowest BCUT2D eigenvalue weighted by molar-refractivity contribution is -0.137. The molecule has 94 valence electrons. The van der Waals surface area contributed by atoms with Gasteiger partial charge in [0.2, 0.25) is 0 Å². The highest BCUT2D eigenvalue weighted by Gasteiger charge is 2.16. The van der Waals surface area contributed by atoms with Crippen molar-refractivity contribution in [3.63, 3.8) is 0 Å². The van der Waals surface area contributed by atoms with Crippen LogP contribution in [0.3, 0.4) is 0 Å². The van der Waals surface area contributed by atoms with E-state index >= 15 is 0 Å². The SMILES string of the molecule is C#CCN(CC(=O)O)C(=O)Nc1cnccc1C. The second kappa shape index (κ2) is 6.25. The van der Waals surface area contributed by atoms with Crippen molar-refractivity contribution in [2.75, 3.05) is 18.4 Å². The van der Waals surface area contributed by atoms with Crippen LogP contribution in [0.5, 0.6) is 0 Å². The Morgan fingerprint density at radius 2 is 2.33 bits per heavy atom. The van der Waals surface area contributed by atoms with Gasteiger partial charge < -0.3 is 15.3 Å². The lowest BCUT2D eigenvalue weighted by atomic mass is 10.2. The van der Waals surface area contributed by atoms with E-state index in [1.807, 2.05) is 0 Å². The Hall–Kier alpha value is -2.55. The zero-order valence-corrected chi connectivity index (χ0v) is 9.88. The van der Waals surface area contributed by atoms with Crippen LogP contribution >= 0.6 is 0 Å². The third-order valence-electron chi connectivity index (χ3n) is 2.18. The van der Waals surface area contributed by atoms with E-state index in [4.69, 9.17) is 11.5 Å². The molecule has 0 fully saturated rings. The predicted molar refractivity (Wildman–Crippen MR) is 66.0 cm³/mol. The van der Waals surface area contributed by atoms with Gasteiger partial charge in [0.1, 0.15) is 6.54 Å². The Bertz CT molecular complexity index is 494. The normalized spacial score (nSPS) is 9.33. The summed E-state index contributed by atoms with van der Waals surface area (Å²) in [6.07, 6.45) is 8.18. The second-order valence-corrected chi connectivity index (χ2v) is 3.57. The molecule has 1 heterocycles. The number of amides is 2. The first kappa shape index (κ1) is 13.5. The number of nitrogens with zero attached hydrogens (tertiary/aromatic N) is 2. The van der Waals surface area contributed by atoms with E-state index in [-0.39, 0.29) is 6.54 Å². The fraction of sp³-hybridized carbons (Fsp3) is 0.250. The van der Waals surface area contributed by atoms with Crippen LogP contribution in [0.4, 0.5) is 10.5 Å². The van der Waals surface area contributed by atoms with E-state index in [2.05, 4.69) is 16.2 Å². The standard InChI is InChI=1S/C12H13N3O3/c1-3-6-15(8-11(16)17)12(18)14-10-7-13-5-4-9(10)2/h1,4-5,7H,6,8H2,2H3,(H,14,18)(H,16,17). The number of aliphatic carboxylic acids is 1. The molecule has 0 aliphatic rings. The van der Waals surface area contributed by atoms with Gasteiger partial charge in [0.25, 0.3) is 0 Å². The molecule has 0 bridgehead atoms. The van der Waals surface area contributed by atoms with Crippen molar-refractivity contribution >= 4 is 17.7 Å². The molecule has 0 atom stereocenters. The number of hydrogen-bond donors (Lipinski definition) is 2. The van der Waals surface area contributed by atoms with Gasteiger partial charge in [-0.2, -0.15) is 0 Å². The second-order valence-electron chi connectivity index (χ2n) is 3.57. The number of terminal acetylenes is 1. The van der Waals surface area contributed by atoms with Crippen LogP contribution < -0.4 is 5.32 Å². The van der Waals surface area contributed by atoms with E-state index in [0.29, 0.717) is 5.69 Å². The summed E-state index contributed by atoms with van der Waals surface area (Å²) in [4.78, 5) is 27.3. The molecule has 6 nitrogen and oxygen atoms in total. The summed E-state index contributed by atoms with van der Waals surface area (Å²) in [6, 6.07) is 1.17. The number of urea groups is 1. The summed E-state index contributed by atoms with van der Waals surface area (Å²) in [5, 5.41) is 11.2. The third kappa shape index (κ3) is 3.79. The van der Waals surface area contributed by atoms with E-state index in [9.17, 15) is 9.59 Å². The minimum absolute atomic E-state index is 0.0720. The molecular weight excluding hydrogens is 234 g/mol. The van der Waals surface area contributed by atoms with Gasteiger partial charge in [-0.15, -0.1) is 6.42 Å². The first-order valence-electron chi connectivity index (χ1n) is 5.16. The molecule has 0 aromatic carbocycles. The predicted octanol–water partition coefficient (Wildman–Crippen LogP) is 0.942. The van der Waals surface area contributed by atoms with Crippen molar-refractivity contribution < 1.29 is 14.7 Å². The highest BCUT2D eigenvalue weighted by atomic mass is 16.4. The van der Waals surface area contributed by atoms with Crippen LogP contribution in [0, 0.1) is 19.3 Å². The van der Waals surface area contributed by atoms with Gasteiger partial charge in [-0.25, -0.2) is 4.79 Å². The van der Waals surface area contributed by atoms with Crippen molar-refractivity contribution in [3.8, 4) is 12.3 Å². The lowest BCUT2D eigenvalue weighted by Gasteiger charge is -2.19. The quantitative estimate of drug-likeness (QED) is 0.776. The Labute approximate surface area is 105 Å². The summed E-state index contributed by atoms with van der Waals surface area (Å²) in [5.74, 6) is 1.12. The van der Waals surface area contributed by atoms with Gasteiger partial charge in [0.15, 0.2) is 0 Å². The van der Waals surface area contributed by atoms with E-state index in [1.165, 1.54) is 6.20 Å². The average Bonchev–Trinajstić information content (AvgIpc) is 2.31. The zero-order chi connectivity index (χ0) is 13.5. The first-order valence-corrected chi connectivity index (χ1v) is 5.16. The minimum Gasteiger partial charge on any atom is -0.480 e. The average molecular weight is 247 g/mol. The minimum atomic E-state index is -1.12. The maximum Gasteiger partial charge on any atom is 0.323 e. The number of carbonyl (C=O) groups is 2. The van der Waals surface area contributed by atoms with Gasteiger partial charge in [-0.3, -0.25) is 9.78 Å². The molecule has 1 aromatic rings. The van der Waals surface area contributed by atoms with Gasteiger partial charge in [-0.1, -0.05) is 5.92 Å². The Morgan fingerprint density at radius 1 is 1.61 bits per heavy atom. The maximum absolute atomic E-state index is 11.8. The van der Waals surface area contributed by atoms with Crippen LogP contribution in [-0.4, -0.2) is 40.1 Å². The number of aromatic nitrogens is 1. The topological polar surface area (TPSA) is 82.5 Å². The van der Waals surface area contributed by atoms with E-state index in [1.54, 1.807) is 19.2 Å². The highest BCUT2D eigenvalue weighted by Crippen LogP contribution is 2.12. The smallest absolute Gasteiger partial charge is 0.323 e. The number of rotatable bonds is 4. The molecule has 18 heavy (non-hydrogen) atoms. The van der Waals surface area contributed by atoms with Gasteiger partial charge >= 0.3 is 12.0 Å². The Kier molecular flexibility index (Phi) is 4.69. The maximum atomic E-state index is 11.8. The highest BCUT2D eigenvalue weighted by molar-refractivity contribution is 5.92. The largest absolute Gasteiger partial charge is 0.480 e. The number of carbonyl (C=O) groups excluding carboxylic acids is 1. The number of carboxylic acids is 1. The number of aryl methyl sites for hydroxylation is 1. The molecule has 0 spiro atoms.